The molecule has 0 bridgehead atoms. The molecule has 3 atom stereocenters. The largest absolute Gasteiger partial charge is 0.484 e. The summed E-state index contributed by atoms with van der Waals surface area (Å²) in [6, 6.07) is -2.09. The monoisotopic (exact) mass is 498 g/mol. The van der Waals surface area contributed by atoms with Gasteiger partial charge in [0.15, 0.2) is 17.4 Å². The molecule has 190 valence electrons. The van der Waals surface area contributed by atoms with Gasteiger partial charge >= 0.3 is 6.03 Å². The van der Waals surface area contributed by atoms with Crippen LogP contribution >= 0.6 is 0 Å². The number of urea groups is 1. The lowest BCUT2D eigenvalue weighted by atomic mass is 9.98. The van der Waals surface area contributed by atoms with Crippen molar-refractivity contribution in [2.75, 3.05) is 13.2 Å². The maximum atomic E-state index is 14.7. The Morgan fingerprint density at radius 1 is 1.38 bits per heavy atom. The van der Waals surface area contributed by atoms with E-state index in [1.165, 1.54) is 7.05 Å². The molecule has 0 spiro atoms. The van der Waals surface area contributed by atoms with Crippen molar-refractivity contribution in [3.8, 4) is 11.8 Å². The number of hydrogen-bond donors (Lipinski definition) is 2. The minimum Gasteiger partial charge on any atom is -0.484 e. The van der Waals surface area contributed by atoms with Crippen molar-refractivity contribution in [1.82, 2.24) is 14.9 Å². The first-order valence-corrected chi connectivity index (χ1v) is 10.4. The molecule has 2 aromatic rings. The summed E-state index contributed by atoms with van der Waals surface area (Å²) < 4.78 is 99.2. The zero-order valence-corrected chi connectivity index (χ0v) is 18.3. The minimum atomic E-state index is -3.26. The highest BCUT2D eigenvalue weighted by atomic mass is 19.3. The first-order valence-electron chi connectivity index (χ1n) is 10.4. The Morgan fingerprint density at radius 2 is 2.09 bits per heavy atom. The van der Waals surface area contributed by atoms with E-state index in [9.17, 15) is 31.1 Å². The normalized spacial score (nSPS) is 19.9. The molecule has 8 nitrogen and oxygen atoms in total. The van der Waals surface area contributed by atoms with Crippen LogP contribution in [0.1, 0.15) is 26.2 Å². The van der Waals surface area contributed by atoms with Crippen molar-refractivity contribution in [2.24, 2.45) is 12.8 Å². The highest BCUT2D eigenvalue weighted by Gasteiger charge is 2.41. The molecule has 3 rings (SSSR count). The smallest absolute Gasteiger partial charge is 0.312 e. The van der Waals surface area contributed by atoms with Gasteiger partial charge in [-0.1, -0.05) is 0 Å². The first kappa shape index (κ1) is 25.7. The van der Waals surface area contributed by atoms with Crippen molar-refractivity contribution >= 4 is 17.1 Å². The summed E-state index contributed by atoms with van der Waals surface area (Å²) in [5, 5.41) is 1.95. The molecule has 1 aliphatic heterocycles. The summed E-state index contributed by atoms with van der Waals surface area (Å²) in [5.41, 5.74) is 4.16. The van der Waals surface area contributed by atoms with Gasteiger partial charge in [-0.3, -0.25) is 4.57 Å². The van der Waals surface area contributed by atoms with Crippen LogP contribution in [0.15, 0.2) is 6.07 Å². The number of nitrogens with zero attached hydrogens (tertiary/aromatic N) is 2. The minimum absolute atomic E-state index is 0.0880. The molecular weight excluding hydrogens is 474 g/mol. The number of primary amides is 1. The fraction of sp³-hybridized carbons (Fsp3) is 0.600. The van der Waals surface area contributed by atoms with Crippen LogP contribution in [0.3, 0.4) is 0 Å². The number of rotatable bonds is 9. The van der Waals surface area contributed by atoms with Crippen molar-refractivity contribution in [1.29, 1.82) is 0 Å². The second-order valence-corrected chi connectivity index (χ2v) is 7.99. The van der Waals surface area contributed by atoms with E-state index in [4.69, 9.17) is 15.2 Å². The highest BCUT2D eigenvalue weighted by Crippen LogP contribution is 2.34. The van der Waals surface area contributed by atoms with Crippen LogP contribution < -0.4 is 20.5 Å². The van der Waals surface area contributed by atoms with Crippen LogP contribution in [0.25, 0.3) is 11.0 Å². The summed E-state index contributed by atoms with van der Waals surface area (Å²) in [6.45, 7) is -0.0666. The number of benzene rings is 1. The van der Waals surface area contributed by atoms with Crippen LogP contribution in [-0.2, 0) is 11.8 Å². The lowest BCUT2D eigenvalue weighted by molar-refractivity contribution is -0.112. The van der Waals surface area contributed by atoms with Gasteiger partial charge in [-0.05, 0) is 19.8 Å². The number of alkyl halides is 4. The predicted molar refractivity (Wildman–Crippen MR) is 107 cm³/mol. The van der Waals surface area contributed by atoms with Crippen molar-refractivity contribution in [3.63, 3.8) is 0 Å². The number of nitrogens with one attached hydrogen (secondary N) is 1. The number of fused-ring (bicyclic) bond motifs is 1. The van der Waals surface area contributed by atoms with Gasteiger partial charge in [0, 0.05) is 19.5 Å². The topological polar surface area (TPSA) is 101 Å². The van der Waals surface area contributed by atoms with Crippen molar-refractivity contribution in [3.05, 3.63) is 17.7 Å². The number of hydrogen-bond acceptors (Lipinski definition) is 5. The zero-order chi connectivity index (χ0) is 25.2. The maximum Gasteiger partial charge on any atom is 0.312 e. The molecular formula is C20H24F6N4O4. The molecule has 2 amide bonds. The van der Waals surface area contributed by atoms with Crippen molar-refractivity contribution < 1.29 is 45.3 Å². The highest BCUT2D eigenvalue weighted by molar-refractivity contribution is 5.80. The number of amides is 2. The number of carbonyl (C=O) groups is 1. The summed E-state index contributed by atoms with van der Waals surface area (Å²) >= 11 is 0. The molecule has 3 N–H and O–H groups in total. The van der Waals surface area contributed by atoms with E-state index in [0.717, 1.165) is 11.5 Å². The molecule has 0 unspecified atom stereocenters. The summed E-state index contributed by atoms with van der Waals surface area (Å²) in [6.07, 6.45) is -4.48. The van der Waals surface area contributed by atoms with Crippen LogP contribution in [0, 0.1) is 11.6 Å². The average Bonchev–Trinajstić information content (AvgIpc) is 3.07. The SMILES string of the molecule is C[C@H](NC(N)=O)C(F)(F)C[C@@H]1CC[C@@H](Oc2nc3c(F)cc(OCC(F)F)c(F)c3n2C)CO1. The molecule has 0 radical (unpaired) electrons. The maximum absolute atomic E-state index is 14.7. The summed E-state index contributed by atoms with van der Waals surface area (Å²) in [4.78, 5) is 14.7. The second-order valence-electron chi connectivity index (χ2n) is 7.99. The van der Waals surface area contributed by atoms with E-state index < -0.39 is 67.0 Å². The molecule has 14 heteroatoms. The van der Waals surface area contributed by atoms with Crippen LogP contribution in [0.4, 0.5) is 31.1 Å². The van der Waals surface area contributed by atoms with E-state index in [-0.39, 0.29) is 36.5 Å². The van der Waals surface area contributed by atoms with Gasteiger partial charge in [0.25, 0.3) is 18.4 Å². The quantitative estimate of drug-likeness (QED) is 0.516. The molecule has 34 heavy (non-hydrogen) atoms. The lowest BCUT2D eigenvalue weighted by Crippen LogP contribution is -2.49. The van der Waals surface area contributed by atoms with Gasteiger partial charge in [0.1, 0.15) is 23.7 Å². The number of imidazole rings is 1. The molecule has 1 aromatic heterocycles. The molecule has 1 saturated heterocycles. The van der Waals surface area contributed by atoms with Gasteiger partial charge in [0.05, 0.1) is 18.8 Å². The third-order valence-corrected chi connectivity index (χ3v) is 5.42. The lowest BCUT2D eigenvalue weighted by Gasteiger charge is -2.33. The molecule has 0 saturated carbocycles. The van der Waals surface area contributed by atoms with E-state index in [1.54, 1.807) is 0 Å². The van der Waals surface area contributed by atoms with E-state index in [1.807, 2.05) is 5.32 Å². The fourth-order valence-corrected chi connectivity index (χ4v) is 3.61. The molecule has 2 heterocycles. The number of aromatic nitrogens is 2. The summed E-state index contributed by atoms with van der Waals surface area (Å²) in [5.74, 6) is -6.02. The van der Waals surface area contributed by atoms with Gasteiger partial charge in [-0.25, -0.2) is 31.1 Å². The third-order valence-electron chi connectivity index (χ3n) is 5.42. The Hall–Kier alpha value is -2.90. The third kappa shape index (κ3) is 5.77. The number of aryl methyl sites for hydroxylation is 1. The number of carbonyl (C=O) groups excluding carboxylic acids is 1. The Balaban J connectivity index is 1.66. The van der Waals surface area contributed by atoms with E-state index in [2.05, 4.69) is 9.72 Å². The van der Waals surface area contributed by atoms with Crippen LogP contribution in [0.5, 0.6) is 11.8 Å². The van der Waals surface area contributed by atoms with Gasteiger partial charge in [-0.15, -0.1) is 0 Å². The van der Waals surface area contributed by atoms with Gasteiger partial charge in [0.2, 0.25) is 0 Å². The average molecular weight is 498 g/mol. The standard InChI is InChI=1S/C20H24F6N4O4/c1-9(28-18(27)31)20(25,26)6-10-3-4-11(7-32-10)34-19-29-16-12(21)5-13(33-8-14(22)23)15(24)17(16)30(19)2/h5,9-11,14H,3-4,6-8H2,1-2H3,(H3,27,28,31)/t9-,10-,11+/m0/s1. The number of ether oxygens (including phenoxy) is 3. The van der Waals surface area contributed by atoms with Crippen LogP contribution in [-0.4, -0.2) is 59.4 Å². The molecule has 1 fully saturated rings. The van der Waals surface area contributed by atoms with Gasteiger partial charge < -0.3 is 25.3 Å². The molecule has 1 aliphatic rings. The Labute approximate surface area is 190 Å². The molecule has 1 aromatic carbocycles. The van der Waals surface area contributed by atoms with E-state index in [0.29, 0.717) is 6.07 Å². The zero-order valence-electron chi connectivity index (χ0n) is 18.3. The Bertz CT molecular complexity index is 1030. The number of nitrogens with two attached hydrogens (primary N) is 1. The Kier molecular flexibility index (Phi) is 7.68. The van der Waals surface area contributed by atoms with Gasteiger partial charge in [-0.2, -0.15) is 4.98 Å². The van der Waals surface area contributed by atoms with E-state index >= 15 is 0 Å². The van der Waals surface area contributed by atoms with Crippen LogP contribution in [0.2, 0.25) is 0 Å². The number of halogens is 6. The first-order chi connectivity index (χ1) is 15.9. The van der Waals surface area contributed by atoms with Crippen molar-refractivity contribution in [2.45, 2.75) is 56.8 Å². The predicted octanol–water partition coefficient (Wildman–Crippen LogP) is 3.50. The Morgan fingerprint density at radius 3 is 2.68 bits per heavy atom. The molecule has 0 aliphatic carbocycles. The fourth-order valence-electron chi connectivity index (χ4n) is 3.61. The second kappa shape index (κ2) is 10.2. The summed E-state index contributed by atoms with van der Waals surface area (Å²) in [7, 11) is 1.34.